The number of nitrogens with one attached hydrogen (secondary N) is 1. The second kappa shape index (κ2) is 8.93. The van der Waals surface area contributed by atoms with Crippen LogP contribution in [0, 0.1) is 5.82 Å². The summed E-state index contributed by atoms with van der Waals surface area (Å²) in [5, 5.41) is 9.43. The lowest BCUT2D eigenvalue weighted by atomic mass is 10.1. The van der Waals surface area contributed by atoms with Crippen LogP contribution >= 0.6 is 23.3 Å². The van der Waals surface area contributed by atoms with E-state index in [-0.39, 0.29) is 11.7 Å². The molecule has 4 aromatic rings. The summed E-state index contributed by atoms with van der Waals surface area (Å²) in [5.41, 5.74) is 3.88. The predicted octanol–water partition coefficient (Wildman–Crippen LogP) is 5.28. The largest absolute Gasteiger partial charge is 0.322 e. The third kappa shape index (κ3) is 4.85. The summed E-state index contributed by atoms with van der Waals surface area (Å²) in [6.07, 6.45) is 1.65. The predicted molar refractivity (Wildman–Crippen MR) is 113 cm³/mol. The molecule has 2 heterocycles. The Morgan fingerprint density at radius 2 is 1.86 bits per heavy atom. The van der Waals surface area contributed by atoms with Gasteiger partial charge in [-0.25, -0.2) is 9.37 Å². The number of nitrogens with zero attached hydrogens (tertiary/aromatic N) is 3. The van der Waals surface area contributed by atoms with Crippen molar-refractivity contribution in [2.24, 2.45) is 0 Å². The molecule has 0 atom stereocenters. The first-order chi connectivity index (χ1) is 14.2. The van der Waals surface area contributed by atoms with Crippen molar-refractivity contribution in [3.8, 4) is 11.3 Å². The first-order valence-corrected chi connectivity index (χ1v) is 10.5. The minimum Gasteiger partial charge on any atom is -0.322 e. The highest BCUT2D eigenvalue weighted by Crippen LogP contribution is 2.26. The molecule has 0 fully saturated rings. The van der Waals surface area contributed by atoms with Gasteiger partial charge in [0.25, 0.3) is 5.91 Å². The zero-order valence-electron chi connectivity index (χ0n) is 15.1. The SMILES string of the molecule is O=C(Nc1ccc(-c2csnn2)cc1)c1cccnc1SCc1ccc(F)cc1. The summed E-state index contributed by atoms with van der Waals surface area (Å²) in [6, 6.07) is 17.2. The molecule has 144 valence electrons. The molecule has 0 unspecified atom stereocenters. The zero-order chi connectivity index (χ0) is 20.1. The Balaban J connectivity index is 1.45. The van der Waals surface area contributed by atoms with E-state index in [1.807, 2.05) is 29.6 Å². The van der Waals surface area contributed by atoms with Crippen molar-refractivity contribution >= 4 is 34.9 Å². The van der Waals surface area contributed by atoms with Crippen molar-refractivity contribution in [3.63, 3.8) is 0 Å². The summed E-state index contributed by atoms with van der Waals surface area (Å²) >= 11 is 2.73. The maximum atomic E-state index is 13.1. The molecule has 2 aromatic carbocycles. The number of thioether (sulfide) groups is 1. The minimum absolute atomic E-state index is 0.234. The van der Waals surface area contributed by atoms with Crippen LogP contribution in [-0.2, 0) is 5.75 Å². The van der Waals surface area contributed by atoms with E-state index >= 15 is 0 Å². The summed E-state index contributed by atoms with van der Waals surface area (Å²) in [5.74, 6) is 0.0880. The van der Waals surface area contributed by atoms with Gasteiger partial charge >= 0.3 is 0 Å². The van der Waals surface area contributed by atoms with Crippen LogP contribution in [0.2, 0.25) is 0 Å². The minimum atomic E-state index is -0.270. The molecule has 0 saturated carbocycles. The number of carbonyl (C=O) groups is 1. The molecule has 0 aliphatic carbocycles. The monoisotopic (exact) mass is 422 g/mol. The zero-order valence-corrected chi connectivity index (χ0v) is 16.7. The van der Waals surface area contributed by atoms with Gasteiger partial charge in [0.05, 0.1) is 5.56 Å². The number of rotatable bonds is 6. The molecule has 29 heavy (non-hydrogen) atoms. The number of anilines is 1. The van der Waals surface area contributed by atoms with E-state index in [0.717, 1.165) is 16.8 Å². The van der Waals surface area contributed by atoms with Crippen LogP contribution in [0.4, 0.5) is 10.1 Å². The number of carbonyl (C=O) groups excluding carboxylic acids is 1. The van der Waals surface area contributed by atoms with Gasteiger partial charge in [-0.05, 0) is 53.5 Å². The lowest BCUT2D eigenvalue weighted by Gasteiger charge is -2.09. The van der Waals surface area contributed by atoms with E-state index in [1.165, 1.54) is 35.4 Å². The lowest BCUT2D eigenvalue weighted by molar-refractivity contribution is 0.102. The number of benzene rings is 2. The van der Waals surface area contributed by atoms with Crippen LogP contribution in [0.3, 0.4) is 0 Å². The fraction of sp³-hybridized carbons (Fsp3) is 0.0476. The maximum Gasteiger partial charge on any atom is 0.258 e. The molecule has 0 spiro atoms. The van der Waals surface area contributed by atoms with Crippen LogP contribution in [0.1, 0.15) is 15.9 Å². The summed E-state index contributed by atoms with van der Waals surface area (Å²) in [7, 11) is 0. The van der Waals surface area contributed by atoms with Crippen LogP contribution in [0.5, 0.6) is 0 Å². The van der Waals surface area contributed by atoms with E-state index < -0.39 is 0 Å². The van der Waals surface area contributed by atoms with Gasteiger partial charge in [-0.3, -0.25) is 4.79 Å². The second-order valence-corrected chi connectivity index (χ2v) is 7.67. The molecule has 4 rings (SSSR count). The normalized spacial score (nSPS) is 10.7. The molecule has 0 radical (unpaired) electrons. The lowest BCUT2D eigenvalue weighted by Crippen LogP contribution is -2.13. The standard InChI is InChI=1S/C21H15FN4OS2/c22-16-7-3-14(4-8-16)12-28-21-18(2-1-11-23-21)20(27)24-17-9-5-15(6-10-17)19-13-29-26-25-19/h1-11,13H,12H2,(H,24,27). The van der Waals surface area contributed by atoms with E-state index in [0.29, 0.717) is 22.0 Å². The number of hydrogen-bond donors (Lipinski definition) is 1. The van der Waals surface area contributed by atoms with Crippen molar-refractivity contribution in [2.75, 3.05) is 5.32 Å². The fourth-order valence-corrected chi connectivity index (χ4v) is 4.04. The van der Waals surface area contributed by atoms with Gasteiger partial charge in [0, 0.05) is 28.6 Å². The number of halogens is 1. The van der Waals surface area contributed by atoms with Crippen LogP contribution in [0.15, 0.2) is 77.3 Å². The highest BCUT2D eigenvalue weighted by molar-refractivity contribution is 7.98. The summed E-state index contributed by atoms with van der Waals surface area (Å²) in [6.45, 7) is 0. The number of hydrogen-bond acceptors (Lipinski definition) is 6. The van der Waals surface area contributed by atoms with Gasteiger partial charge < -0.3 is 5.32 Å². The Hall–Kier alpha value is -3.10. The molecule has 5 nitrogen and oxygen atoms in total. The van der Waals surface area contributed by atoms with E-state index in [2.05, 4.69) is 19.9 Å². The quantitative estimate of drug-likeness (QED) is 0.428. The van der Waals surface area contributed by atoms with Crippen LogP contribution < -0.4 is 5.32 Å². The summed E-state index contributed by atoms with van der Waals surface area (Å²) < 4.78 is 16.9. The number of amides is 1. The number of aromatic nitrogens is 3. The maximum absolute atomic E-state index is 13.1. The second-order valence-electron chi connectivity index (χ2n) is 6.09. The molecule has 1 N–H and O–H groups in total. The van der Waals surface area contributed by atoms with Gasteiger partial charge in [-0.15, -0.1) is 16.9 Å². The first-order valence-electron chi connectivity index (χ1n) is 8.70. The fourth-order valence-electron chi connectivity index (χ4n) is 2.62. The van der Waals surface area contributed by atoms with Crippen molar-refractivity contribution in [1.29, 1.82) is 0 Å². The first kappa shape index (κ1) is 19.2. The third-order valence-corrected chi connectivity index (χ3v) is 5.68. The molecule has 0 saturated heterocycles. The van der Waals surface area contributed by atoms with Crippen LogP contribution in [-0.4, -0.2) is 20.5 Å². The Morgan fingerprint density at radius 1 is 1.07 bits per heavy atom. The third-order valence-electron chi connectivity index (χ3n) is 4.10. The van der Waals surface area contributed by atoms with Crippen molar-refractivity contribution < 1.29 is 9.18 Å². The average Bonchev–Trinajstić information content (AvgIpc) is 3.29. The van der Waals surface area contributed by atoms with Gasteiger partial charge in [0.1, 0.15) is 16.5 Å². The van der Waals surface area contributed by atoms with Gasteiger partial charge in [-0.1, -0.05) is 28.8 Å². The van der Waals surface area contributed by atoms with E-state index in [9.17, 15) is 9.18 Å². The Morgan fingerprint density at radius 3 is 2.59 bits per heavy atom. The Kier molecular flexibility index (Phi) is 5.92. The molecule has 2 aromatic heterocycles. The molecule has 0 aliphatic heterocycles. The van der Waals surface area contributed by atoms with E-state index in [1.54, 1.807) is 30.5 Å². The average molecular weight is 423 g/mol. The highest BCUT2D eigenvalue weighted by Gasteiger charge is 2.13. The van der Waals surface area contributed by atoms with Gasteiger partial charge in [-0.2, -0.15) is 0 Å². The topological polar surface area (TPSA) is 67.8 Å². The molecular weight excluding hydrogens is 407 g/mol. The van der Waals surface area contributed by atoms with Gasteiger partial charge in [0.2, 0.25) is 0 Å². The van der Waals surface area contributed by atoms with Crippen molar-refractivity contribution in [2.45, 2.75) is 10.8 Å². The van der Waals surface area contributed by atoms with Crippen molar-refractivity contribution in [1.82, 2.24) is 14.6 Å². The molecule has 1 amide bonds. The van der Waals surface area contributed by atoms with Gasteiger partial charge in [0.15, 0.2) is 0 Å². The van der Waals surface area contributed by atoms with E-state index in [4.69, 9.17) is 0 Å². The summed E-state index contributed by atoms with van der Waals surface area (Å²) in [4.78, 5) is 17.1. The molecule has 8 heteroatoms. The smallest absolute Gasteiger partial charge is 0.258 e. The number of pyridine rings is 1. The Labute approximate surface area is 175 Å². The molecule has 0 bridgehead atoms. The molecule has 0 aliphatic rings. The highest BCUT2D eigenvalue weighted by atomic mass is 32.2. The Bertz CT molecular complexity index is 1100. The van der Waals surface area contributed by atoms with Crippen LogP contribution in [0.25, 0.3) is 11.3 Å². The van der Waals surface area contributed by atoms with Crippen molar-refractivity contribution in [3.05, 3.63) is 89.2 Å². The molecular formula is C21H15FN4OS2.